The second-order valence-corrected chi connectivity index (χ2v) is 11.9. The molecule has 3 atom stereocenters. The maximum absolute atomic E-state index is 14.8. The van der Waals surface area contributed by atoms with E-state index >= 15 is 0 Å². The van der Waals surface area contributed by atoms with Crippen molar-refractivity contribution < 1.29 is 59.4 Å². The molecule has 0 fully saturated rings. The van der Waals surface area contributed by atoms with Crippen LogP contribution in [0.15, 0.2) is 72.9 Å². The lowest BCUT2D eigenvalue weighted by Crippen LogP contribution is -2.58. The summed E-state index contributed by atoms with van der Waals surface area (Å²) in [5.74, 6) is -14.4. The summed E-state index contributed by atoms with van der Waals surface area (Å²) in [6.07, 6.45) is -4.45. The minimum absolute atomic E-state index is 0.0714. The molecule has 0 saturated carbocycles. The summed E-state index contributed by atoms with van der Waals surface area (Å²) in [7, 11) is 0. The van der Waals surface area contributed by atoms with Crippen molar-refractivity contribution in [1.29, 1.82) is 0 Å². The highest BCUT2D eigenvalue weighted by atomic mass is 35.5. The van der Waals surface area contributed by atoms with Crippen LogP contribution in [0.4, 0.5) is 30.7 Å². The van der Waals surface area contributed by atoms with Gasteiger partial charge in [0.15, 0.2) is 0 Å². The number of rotatable bonds is 16. The molecule has 11 nitrogen and oxygen atoms in total. The number of nitrogens with zero attached hydrogens (tertiary/aromatic N) is 1. The van der Waals surface area contributed by atoms with Crippen LogP contribution in [-0.4, -0.2) is 71.7 Å². The molecule has 4 amide bonds. The van der Waals surface area contributed by atoms with E-state index in [2.05, 4.69) is 25.7 Å². The highest BCUT2D eigenvalue weighted by molar-refractivity contribution is 6.30. The van der Waals surface area contributed by atoms with Crippen LogP contribution >= 0.6 is 11.6 Å². The molecule has 1 heterocycles. The van der Waals surface area contributed by atoms with Gasteiger partial charge in [-0.05, 0) is 41.3 Å². The number of amides is 4. The fourth-order valence-corrected chi connectivity index (χ4v) is 4.80. The van der Waals surface area contributed by atoms with E-state index in [1.807, 2.05) is 0 Å². The van der Waals surface area contributed by atoms with E-state index in [0.717, 1.165) is 23.6 Å². The maximum atomic E-state index is 14.8. The van der Waals surface area contributed by atoms with Crippen LogP contribution in [0.3, 0.4) is 0 Å². The Morgan fingerprint density at radius 1 is 0.846 bits per heavy atom. The molecule has 0 saturated heterocycles. The van der Waals surface area contributed by atoms with Crippen LogP contribution in [0.2, 0.25) is 5.02 Å². The van der Waals surface area contributed by atoms with Gasteiger partial charge in [0, 0.05) is 11.4 Å². The van der Waals surface area contributed by atoms with Gasteiger partial charge in [-0.1, -0.05) is 67.9 Å². The first-order valence-electron chi connectivity index (χ1n) is 15.2. The zero-order chi connectivity index (χ0) is 38.8. The van der Waals surface area contributed by atoms with Crippen LogP contribution in [0.1, 0.15) is 41.5 Å². The van der Waals surface area contributed by atoms with Gasteiger partial charge in [-0.3, -0.25) is 24.0 Å². The Kier molecular flexibility index (Phi) is 14.1. The van der Waals surface area contributed by atoms with E-state index in [-0.39, 0.29) is 28.5 Å². The first kappa shape index (κ1) is 41.2. The van der Waals surface area contributed by atoms with E-state index in [4.69, 9.17) is 11.6 Å². The Morgan fingerprint density at radius 2 is 1.52 bits per heavy atom. The number of pyridine rings is 1. The summed E-state index contributed by atoms with van der Waals surface area (Å²) in [5.41, 5.74) is 0.183. The summed E-state index contributed by atoms with van der Waals surface area (Å²) in [6, 6.07) is 10.1. The summed E-state index contributed by atoms with van der Waals surface area (Å²) < 4.78 is 96.5. The number of ketones is 1. The average molecular weight is 762 g/mol. The molecule has 2 aromatic carbocycles. The molecular weight excluding hydrogens is 731 g/mol. The Hall–Kier alpha value is -5.26. The van der Waals surface area contributed by atoms with Crippen LogP contribution in [0.25, 0.3) is 0 Å². The largest absolute Gasteiger partial charge is 0.433 e. The van der Waals surface area contributed by atoms with Gasteiger partial charge in [0.2, 0.25) is 17.6 Å². The van der Waals surface area contributed by atoms with Gasteiger partial charge in [0.05, 0.1) is 12.2 Å². The molecule has 0 spiro atoms. The fourth-order valence-electron chi connectivity index (χ4n) is 4.59. The van der Waals surface area contributed by atoms with E-state index in [0.29, 0.717) is 5.56 Å². The standard InChI is InChI=1S/C33H31ClF7N5O6/c1-17(2)24(26(47)33(40,41)30(51)43-16-32(37,38)39)45-29(50)25(19-8-4-3-5-9-19)46-28(49)23(14-18-7-6-10-20(34)13-18)44-27(48)22-12-11-21(15-42-22)52-31(35)36/h3-13,15,17,23-25,31H,14,16H2,1-2H3,(H,43,51)(H,44,48)(H,45,50)(H,46,49). The Bertz CT molecular complexity index is 1730. The van der Waals surface area contributed by atoms with Crippen LogP contribution < -0.4 is 26.0 Å². The predicted molar refractivity (Wildman–Crippen MR) is 170 cm³/mol. The zero-order valence-corrected chi connectivity index (χ0v) is 27.9. The van der Waals surface area contributed by atoms with Crippen LogP contribution in [0.5, 0.6) is 5.75 Å². The molecule has 3 aromatic rings. The Labute approximate surface area is 296 Å². The van der Waals surface area contributed by atoms with Gasteiger partial charge >= 0.3 is 18.7 Å². The second-order valence-electron chi connectivity index (χ2n) is 11.4. The number of ether oxygens (including phenoxy) is 1. The van der Waals surface area contributed by atoms with Crippen molar-refractivity contribution >= 4 is 41.0 Å². The molecule has 0 bridgehead atoms. The number of carbonyl (C=O) groups is 5. The first-order valence-corrected chi connectivity index (χ1v) is 15.5. The predicted octanol–water partition coefficient (Wildman–Crippen LogP) is 4.56. The lowest BCUT2D eigenvalue weighted by molar-refractivity contribution is -0.165. The molecule has 280 valence electrons. The number of hydrogen-bond donors (Lipinski definition) is 4. The Morgan fingerprint density at radius 3 is 2.08 bits per heavy atom. The van der Waals surface area contributed by atoms with Crippen molar-refractivity contribution in [1.82, 2.24) is 26.3 Å². The van der Waals surface area contributed by atoms with E-state index in [1.54, 1.807) is 18.2 Å². The molecule has 3 unspecified atom stereocenters. The molecule has 0 aliphatic heterocycles. The van der Waals surface area contributed by atoms with Crippen LogP contribution in [0, 0.1) is 5.92 Å². The van der Waals surface area contributed by atoms with E-state index < -0.39 is 78.7 Å². The summed E-state index contributed by atoms with van der Waals surface area (Å²) in [6.45, 7) is -2.86. The number of halogens is 8. The first-order chi connectivity index (χ1) is 24.3. The van der Waals surface area contributed by atoms with E-state index in [9.17, 15) is 54.7 Å². The van der Waals surface area contributed by atoms with Crippen molar-refractivity contribution in [3.63, 3.8) is 0 Å². The molecule has 52 heavy (non-hydrogen) atoms. The quantitative estimate of drug-likeness (QED) is 0.123. The lowest BCUT2D eigenvalue weighted by atomic mass is 9.94. The highest BCUT2D eigenvalue weighted by Crippen LogP contribution is 2.23. The SMILES string of the molecule is CC(C)C(NC(=O)C(NC(=O)C(Cc1cccc(Cl)c1)NC(=O)c1ccc(OC(F)F)cn1)c1ccccc1)C(=O)C(F)(F)C(=O)NCC(F)(F)F. The summed E-state index contributed by atoms with van der Waals surface area (Å²) in [5, 5.41) is 8.14. The number of carbonyl (C=O) groups excluding carboxylic acids is 5. The van der Waals surface area contributed by atoms with Gasteiger partial charge in [-0.15, -0.1) is 0 Å². The third-order valence-corrected chi connectivity index (χ3v) is 7.35. The highest BCUT2D eigenvalue weighted by Gasteiger charge is 2.52. The van der Waals surface area contributed by atoms with Gasteiger partial charge in [-0.2, -0.15) is 30.7 Å². The lowest BCUT2D eigenvalue weighted by Gasteiger charge is -2.28. The van der Waals surface area contributed by atoms with Gasteiger partial charge < -0.3 is 26.0 Å². The van der Waals surface area contributed by atoms with Gasteiger partial charge in [0.25, 0.3) is 11.8 Å². The molecular formula is C33H31ClF7N5O6. The molecule has 1 aromatic heterocycles. The third kappa shape index (κ3) is 11.9. The number of alkyl halides is 7. The summed E-state index contributed by atoms with van der Waals surface area (Å²) in [4.78, 5) is 69.2. The zero-order valence-electron chi connectivity index (χ0n) is 27.1. The molecule has 19 heteroatoms. The van der Waals surface area contributed by atoms with E-state index in [1.165, 1.54) is 50.2 Å². The number of nitrogens with one attached hydrogen (secondary N) is 4. The van der Waals surface area contributed by atoms with Crippen molar-refractivity contribution in [2.24, 2.45) is 5.92 Å². The summed E-state index contributed by atoms with van der Waals surface area (Å²) >= 11 is 6.08. The Balaban J connectivity index is 1.91. The van der Waals surface area contributed by atoms with Crippen molar-refractivity contribution in [3.8, 4) is 5.75 Å². The van der Waals surface area contributed by atoms with Crippen molar-refractivity contribution in [2.45, 2.75) is 57.1 Å². The number of hydrogen-bond acceptors (Lipinski definition) is 7. The smallest absolute Gasteiger partial charge is 0.405 e. The normalized spacial score (nSPS) is 13.5. The number of aromatic nitrogens is 1. The minimum atomic E-state index is -5.06. The van der Waals surface area contributed by atoms with Crippen molar-refractivity contribution in [3.05, 3.63) is 94.8 Å². The van der Waals surface area contributed by atoms with Crippen molar-refractivity contribution in [2.75, 3.05) is 6.54 Å². The molecule has 4 N–H and O–H groups in total. The average Bonchev–Trinajstić information content (AvgIpc) is 3.07. The molecule has 0 radical (unpaired) electrons. The molecule has 0 aliphatic rings. The number of benzene rings is 2. The second kappa shape index (κ2) is 17.8. The minimum Gasteiger partial charge on any atom is -0.433 e. The maximum Gasteiger partial charge on any atom is 0.405 e. The topological polar surface area (TPSA) is 156 Å². The van der Waals surface area contributed by atoms with Gasteiger partial charge in [-0.25, -0.2) is 4.98 Å². The van der Waals surface area contributed by atoms with Gasteiger partial charge in [0.1, 0.15) is 30.1 Å². The molecule has 0 aliphatic carbocycles. The number of Topliss-reactive ketones (excluding diaryl/α,β-unsaturated/α-hetero) is 1. The monoisotopic (exact) mass is 761 g/mol. The van der Waals surface area contributed by atoms with Crippen LogP contribution in [-0.2, 0) is 25.6 Å². The third-order valence-electron chi connectivity index (χ3n) is 7.12. The molecule has 3 rings (SSSR count). The fraction of sp³-hybridized carbons (Fsp3) is 0.333.